The van der Waals surface area contributed by atoms with Crippen molar-refractivity contribution in [3.05, 3.63) is 68.9 Å². The van der Waals surface area contributed by atoms with Crippen LogP contribution in [0.5, 0.6) is 0 Å². The molecule has 0 saturated heterocycles. The second-order valence-electron chi connectivity index (χ2n) is 3.85. The SMILES string of the molecule is NNC(c1ccc(F)cc1)c1cc(Cl)cc(Br)c1. The standard InChI is InChI=1S/C13H11BrClFN2/c14-10-5-9(6-11(15)7-10)13(18-17)8-1-3-12(16)4-2-8/h1-7,13,18H,17H2. The van der Waals surface area contributed by atoms with Gasteiger partial charge in [-0.15, -0.1) is 0 Å². The topological polar surface area (TPSA) is 38.0 Å². The van der Waals surface area contributed by atoms with Crippen molar-refractivity contribution >= 4 is 27.5 Å². The molecule has 1 atom stereocenters. The van der Waals surface area contributed by atoms with Gasteiger partial charge < -0.3 is 0 Å². The molecule has 0 aliphatic rings. The van der Waals surface area contributed by atoms with Gasteiger partial charge in [-0.05, 0) is 41.5 Å². The largest absolute Gasteiger partial charge is 0.271 e. The van der Waals surface area contributed by atoms with Gasteiger partial charge in [-0.1, -0.05) is 39.7 Å². The van der Waals surface area contributed by atoms with Crippen molar-refractivity contribution in [3.8, 4) is 0 Å². The molecule has 0 aromatic heterocycles. The van der Waals surface area contributed by atoms with Gasteiger partial charge in [0, 0.05) is 9.50 Å². The van der Waals surface area contributed by atoms with E-state index in [1.807, 2.05) is 12.1 Å². The highest BCUT2D eigenvalue weighted by molar-refractivity contribution is 9.10. The first-order valence-electron chi connectivity index (χ1n) is 5.28. The minimum Gasteiger partial charge on any atom is -0.271 e. The van der Waals surface area contributed by atoms with E-state index in [0.717, 1.165) is 15.6 Å². The molecular formula is C13H11BrClFN2. The molecule has 2 aromatic rings. The van der Waals surface area contributed by atoms with E-state index < -0.39 is 0 Å². The molecule has 0 saturated carbocycles. The van der Waals surface area contributed by atoms with Crippen LogP contribution >= 0.6 is 27.5 Å². The number of hydrazine groups is 1. The third-order valence-electron chi connectivity index (χ3n) is 2.59. The van der Waals surface area contributed by atoms with Crippen LogP contribution in [0.15, 0.2) is 46.9 Å². The zero-order valence-corrected chi connectivity index (χ0v) is 11.7. The summed E-state index contributed by atoms with van der Waals surface area (Å²) in [5.74, 6) is 5.30. The molecule has 5 heteroatoms. The van der Waals surface area contributed by atoms with E-state index in [-0.39, 0.29) is 11.9 Å². The van der Waals surface area contributed by atoms with Crippen LogP contribution in [0.1, 0.15) is 17.2 Å². The molecule has 1 unspecified atom stereocenters. The van der Waals surface area contributed by atoms with Crippen molar-refractivity contribution in [2.45, 2.75) is 6.04 Å². The van der Waals surface area contributed by atoms with Gasteiger partial charge in [0.25, 0.3) is 0 Å². The van der Waals surface area contributed by atoms with Crippen molar-refractivity contribution in [2.75, 3.05) is 0 Å². The molecule has 3 N–H and O–H groups in total. The fourth-order valence-corrected chi connectivity index (χ4v) is 2.67. The van der Waals surface area contributed by atoms with Crippen LogP contribution in [0.25, 0.3) is 0 Å². The Morgan fingerprint density at radius 1 is 1.11 bits per heavy atom. The Bertz CT molecular complexity index is 525. The lowest BCUT2D eigenvalue weighted by molar-refractivity contribution is 0.615. The fourth-order valence-electron chi connectivity index (χ4n) is 1.78. The third kappa shape index (κ3) is 3.09. The molecule has 94 valence electrons. The number of halogens is 3. The van der Waals surface area contributed by atoms with Crippen molar-refractivity contribution in [1.29, 1.82) is 0 Å². The van der Waals surface area contributed by atoms with Gasteiger partial charge in [0.2, 0.25) is 0 Å². The van der Waals surface area contributed by atoms with E-state index in [2.05, 4.69) is 21.4 Å². The average Bonchev–Trinajstić information content (AvgIpc) is 2.31. The van der Waals surface area contributed by atoms with Crippen LogP contribution < -0.4 is 11.3 Å². The van der Waals surface area contributed by atoms with Crippen LogP contribution in [-0.4, -0.2) is 0 Å². The summed E-state index contributed by atoms with van der Waals surface area (Å²) in [6.45, 7) is 0. The predicted octanol–water partition coefficient (Wildman–Crippen LogP) is 3.79. The zero-order valence-electron chi connectivity index (χ0n) is 9.33. The van der Waals surface area contributed by atoms with Crippen molar-refractivity contribution in [1.82, 2.24) is 5.43 Å². The van der Waals surface area contributed by atoms with Gasteiger partial charge in [0.15, 0.2) is 0 Å². The summed E-state index contributed by atoms with van der Waals surface area (Å²) in [5.41, 5.74) is 4.48. The number of nitrogens with two attached hydrogens (primary N) is 1. The Labute approximate surface area is 118 Å². The van der Waals surface area contributed by atoms with E-state index >= 15 is 0 Å². The molecule has 2 nitrogen and oxygen atoms in total. The van der Waals surface area contributed by atoms with Gasteiger partial charge in [0.05, 0.1) is 6.04 Å². The highest BCUT2D eigenvalue weighted by Gasteiger charge is 2.13. The Morgan fingerprint density at radius 2 is 1.78 bits per heavy atom. The molecular weight excluding hydrogens is 319 g/mol. The first-order chi connectivity index (χ1) is 8.60. The van der Waals surface area contributed by atoms with Crippen molar-refractivity contribution in [2.24, 2.45) is 5.84 Å². The van der Waals surface area contributed by atoms with E-state index in [1.165, 1.54) is 12.1 Å². The van der Waals surface area contributed by atoms with Crippen LogP contribution in [0.2, 0.25) is 5.02 Å². The molecule has 2 rings (SSSR count). The lowest BCUT2D eigenvalue weighted by atomic mass is 9.99. The molecule has 0 aliphatic heterocycles. The summed E-state index contributed by atoms with van der Waals surface area (Å²) in [7, 11) is 0. The van der Waals surface area contributed by atoms with E-state index in [9.17, 15) is 4.39 Å². The zero-order chi connectivity index (χ0) is 13.1. The maximum atomic E-state index is 12.9. The highest BCUT2D eigenvalue weighted by atomic mass is 79.9. The van der Waals surface area contributed by atoms with Crippen LogP contribution in [0.4, 0.5) is 4.39 Å². The second kappa shape index (κ2) is 5.80. The average molecular weight is 330 g/mol. The molecule has 18 heavy (non-hydrogen) atoms. The maximum Gasteiger partial charge on any atom is 0.123 e. The number of benzene rings is 2. The van der Waals surface area contributed by atoms with Crippen LogP contribution in [0, 0.1) is 5.82 Å². The van der Waals surface area contributed by atoms with Crippen molar-refractivity contribution < 1.29 is 4.39 Å². The number of hydrogen-bond acceptors (Lipinski definition) is 2. The number of hydrogen-bond donors (Lipinski definition) is 2. The van der Waals surface area contributed by atoms with Gasteiger partial charge in [-0.3, -0.25) is 5.84 Å². The molecule has 0 amide bonds. The molecule has 0 bridgehead atoms. The Kier molecular flexibility index (Phi) is 4.35. The Morgan fingerprint density at radius 3 is 2.33 bits per heavy atom. The molecule has 0 aliphatic carbocycles. The first-order valence-corrected chi connectivity index (χ1v) is 6.45. The predicted molar refractivity (Wildman–Crippen MR) is 74.7 cm³/mol. The maximum absolute atomic E-state index is 12.9. The monoisotopic (exact) mass is 328 g/mol. The lowest BCUT2D eigenvalue weighted by Crippen LogP contribution is -2.28. The summed E-state index contributed by atoms with van der Waals surface area (Å²) in [4.78, 5) is 0. The van der Waals surface area contributed by atoms with Gasteiger partial charge >= 0.3 is 0 Å². The lowest BCUT2D eigenvalue weighted by Gasteiger charge is -2.17. The van der Waals surface area contributed by atoms with Crippen LogP contribution in [-0.2, 0) is 0 Å². The number of rotatable bonds is 3. The van der Waals surface area contributed by atoms with Gasteiger partial charge in [-0.25, -0.2) is 9.82 Å². The molecule has 2 aromatic carbocycles. The summed E-state index contributed by atoms with van der Waals surface area (Å²) in [6.07, 6.45) is 0. The molecule has 0 heterocycles. The molecule has 0 spiro atoms. The molecule has 0 fully saturated rings. The van der Waals surface area contributed by atoms with Crippen molar-refractivity contribution in [3.63, 3.8) is 0 Å². The smallest absolute Gasteiger partial charge is 0.123 e. The summed E-state index contributed by atoms with van der Waals surface area (Å²) in [6, 6.07) is 11.5. The quantitative estimate of drug-likeness (QED) is 0.664. The Hall–Kier alpha value is -0.940. The van der Waals surface area contributed by atoms with Gasteiger partial charge in [-0.2, -0.15) is 0 Å². The summed E-state index contributed by atoms with van der Waals surface area (Å²) in [5, 5.41) is 0.613. The normalized spacial score (nSPS) is 12.4. The minimum absolute atomic E-state index is 0.236. The second-order valence-corrected chi connectivity index (χ2v) is 5.21. The minimum atomic E-state index is -0.276. The van der Waals surface area contributed by atoms with Gasteiger partial charge in [0.1, 0.15) is 5.82 Å². The summed E-state index contributed by atoms with van der Waals surface area (Å²) >= 11 is 9.39. The molecule has 0 radical (unpaired) electrons. The Balaban J connectivity index is 2.41. The fraction of sp³-hybridized carbons (Fsp3) is 0.0769. The van der Waals surface area contributed by atoms with Crippen LogP contribution in [0.3, 0.4) is 0 Å². The first kappa shape index (κ1) is 13.5. The number of nitrogens with one attached hydrogen (secondary N) is 1. The van der Waals surface area contributed by atoms with E-state index in [0.29, 0.717) is 5.02 Å². The third-order valence-corrected chi connectivity index (χ3v) is 3.26. The van der Waals surface area contributed by atoms with E-state index in [1.54, 1.807) is 18.2 Å². The van der Waals surface area contributed by atoms with E-state index in [4.69, 9.17) is 17.4 Å². The summed E-state index contributed by atoms with van der Waals surface area (Å²) < 4.78 is 13.8. The highest BCUT2D eigenvalue weighted by Crippen LogP contribution is 2.27.